The van der Waals surface area contributed by atoms with Crippen molar-refractivity contribution in [2.24, 2.45) is 0 Å². The van der Waals surface area contributed by atoms with Gasteiger partial charge in [-0.05, 0) is 49.8 Å². The van der Waals surface area contributed by atoms with Gasteiger partial charge in [-0.1, -0.05) is 0 Å². The Labute approximate surface area is 114 Å². The number of nitrogens with one attached hydrogen (secondary N) is 1. The predicted molar refractivity (Wildman–Crippen MR) is 73.7 cm³/mol. The molecule has 1 saturated heterocycles. The number of likely N-dealkylation sites (tertiary alicyclic amines) is 1. The third-order valence-corrected chi connectivity index (χ3v) is 3.96. The van der Waals surface area contributed by atoms with Gasteiger partial charge in [0.05, 0.1) is 6.04 Å². The molecule has 3 rings (SSSR count). The van der Waals surface area contributed by atoms with E-state index in [-0.39, 0.29) is 6.04 Å². The smallest absolute Gasteiger partial charge is 0.239 e. The Morgan fingerprint density at radius 2 is 2.05 bits per heavy atom. The molecule has 2 fully saturated rings. The van der Waals surface area contributed by atoms with E-state index in [2.05, 4.69) is 10.3 Å². The maximum absolute atomic E-state index is 12.4. The van der Waals surface area contributed by atoms with Crippen molar-refractivity contribution in [3.63, 3.8) is 0 Å². The van der Waals surface area contributed by atoms with Crippen molar-refractivity contribution in [2.75, 3.05) is 13.1 Å². The van der Waals surface area contributed by atoms with Gasteiger partial charge < -0.3 is 10.2 Å². The lowest BCUT2D eigenvalue weighted by atomic mass is 10.0. The molecule has 0 spiro atoms. The summed E-state index contributed by atoms with van der Waals surface area (Å²) in [5.74, 6) is 0.298. The molecule has 0 aromatic carbocycles. The van der Waals surface area contributed by atoms with E-state index in [1.165, 1.54) is 18.4 Å². The second kappa shape index (κ2) is 5.70. The second-order valence-electron chi connectivity index (χ2n) is 5.57. The van der Waals surface area contributed by atoms with Gasteiger partial charge >= 0.3 is 0 Å². The van der Waals surface area contributed by atoms with Crippen LogP contribution in [0.2, 0.25) is 0 Å². The summed E-state index contributed by atoms with van der Waals surface area (Å²) < 4.78 is 0. The van der Waals surface area contributed by atoms with Crippen LogP contribution >= 0.6 is 0 Å². The largest absolute Gasteiger partial charge is 0.341 e. The standard InChI is InChI=1S/C15H21N3O/c19-15-14(17-13-3-4-13)2-1-10-18(15)11-7-12-5-8-16-9-6-12/h5-6,8-9,13-14,17H,1-4,7,10-11H2. The number of carbonyl (C=O) groups is 1. The lowest BCUT2D eigenvalue weighted by Gasteiger charge is -2.33. The highest BCUT2D eigenvalue weighted by Crippen LogP contribution is 2.22. The zero-order valence-corrected chi connectivity index (χ0v) is 11.2. The molecule has 1 aliphatic heterocycles. The molecule has 1 N–H and O–H groups in total. The third kappa shape index (κ3) is 3.32. The zero-order valence-electron chi connectivity index (χ0n) is 11.2. The van der Waals surface area contributed by atoms with Crippen molar-refractivity contribution in [3.8, 4) is 0 Å². The summed E-state index contributed by atoms with van der Waals surface area (Å²) in [4.78, 5) is 18.4. The summed E-state index contributed by atoms with van der Waals surface area (Å²) in [7, 11) is 0. The maximum Gasteiger partial charge on any atom is 0.239 e. The Morgan fingerprint density at radius 1 is 1.26 bits per heavy atom. The molecule has 4 heteroatoms. The number of piperidine rings is 1. The molecule has 1 aromatic rings. The summed E-state index contributed by atoms with van der Waals surface area (Å²) >= 11 is 0. The Hall–Kier alpha value is -1.42. The van der Waals surface area contributed by atoms with Crippen LogP contribution in [0, 0.1) is 0 Å². The summed E-state index contributed by atoms with van der Waals surface area (Å²) in [5.41, 5.74) is 1.25. The first kappa shape index (κ1) is 12.6. The number of rotatable bonds is 5. The monoisotopic (exact) mass is 259 g/mol. The molecule has 1 amide bonds. The molecule has 19 heavy (non-hydrogen) atoms. The zero-order chi connectivity index (χ0) is 13.1. The van der Waals surface area contributed by atoms with E-state index in [0.29, 0.717) is 11.9 Å². The van der Waals surface area contributed by atoms with Gasteiger partial charge in [-0.2, -0.15) is 0 Å². The number of pyridine rings is 1. The van der Waals surface area contributed by atoms with Crippen molar-refractivity contribution < 1.29 is 4.79 Å². The van der Waals surface area contributed by atoms with E-state index >= 15 is 0 Å². The summed E-state index contributed by atoms with van der Waals surface area (Å²) in [5, 5.41) is 3.47. The molecule has 2 aliphatic rings. The highest BCUT2D eigenvalue weighted by Gasteiger charge is 2.32. The molecule has 0 radical (unpaired) electrons. The van der Waals surface area contributed by atoms with Crippen LogP contribution in [0.25, 0.3) is 0 Å². The third-order valence-electron chi connectivity index (χ3n) is 3.96. The summed E-state index contributed by atoms with van der Waals surface area (Å²) in [6.45, 7) is 1.73. The van der Waals surface area contributed by atoms with E-state index in [9.17, 15) is 4.79 Å². The first-order chi connectivity index (χ1) is 9.33. The van der Waals surface area contributed by atoms with Crippen LogP contribution < -0.4 is 5.32 Å². The first-order valence-corrected chi connectivity index (χ1v) is 7.26. The van der Waals surface area contributed by atoms with E-state index in [1.54, 1.807) is 0 Å². The van der Waals surface area contributed by atoms with Crippen LogP contribution in [0.15, 0.2) is 24.5 Å². The number of amides is 1. The fourth-order valence-electron chi connectivity index (χ4n) is 2.66. The molecule has 2 heterocycles. The molecule has 4 nitrogen and oxygen atoms in total. The number of hydrogen-bond donors (Lipinski definition) is 1. The SMILES string of the molecule is O=C1C(NC2CC2)CCCN1CCc1ccncc1. The summed E-state index contributed by atoms with van der Waals surface area (Å²) in [6.07, 6.45) is 9.13. The molecule has 1 aromatic heterocycles. The molecule has 1 unspecified atom stereocenters. The number of nitrogens with zero attached hydrogens (tertiary/aromatic N) is 2. The van der Waals surface area contributed by atoms with Gasteiger partial charge in [0.25, 0.3) is 0 Å². The van der Waals surface area contributed by atoms with Crippen molar-refractivity contribution in [1.29, 1.82) is 0 Å². The lowest BCUT2D eigenvalue weighted by molar-refractivity contribution is -0.136. The predicted octanol–water partition coefficient (Wildman–Crippen LogP) is 1.37. The first-order valence-electron chi connectivity index (χ1n) is 7.26. The van der Waals surface area contributed by atoms with Gasteiger partial charge in [0.15, 0.2) is 0 Å². The van der Waals surface area contributed by atoms with Crippen molar-refractivity contribution >= 4 is 5.91 Å². The normalized spacial score (nSPS) is 23.7. The van der Waals surface area contributed by atoms with Gasteiger partial charge in [0, 0.05) is 31.5 Å². The van der Waals surface area contributed by atoms with Gasteiger partial charge in [0.1, 0.15) is 0 Å². The van der Waals surface area contributed by atoms with E-state index in [1.807, 2.05) is 29.4 Å². The van der Waals surface area contributed by atoms with Crippen molar-refractivity contribution in [3.05, 3.63) is 30.1 Å². The van der Waals surface area contributed by atoms with Crippen LogP contribution in [0.3, 0.4) is 0 Å². The average Bonchev–Trinajstić information content (AvgIpc) is 3.25. The number of hydrogen-bond acceptors (Lipinski definition) is 3. The van der Waals surface area contributed by atoms with Gasteiger partial charge in [-0.15, -0.1) is 0 Å². The lowest BCUT2D eigenvalue weighted by Crippen LogP contribution is -2.51. The number of aromatic nitrogens is 1. The minimum atomic E-state index is 0.0682. The van der Waals surface area contributed by atoms with E-state index in [4.69, 9.17) is 0 Å². The highest BCUT2D eigenvalue weighted by molar-refractivity contribution is 5.82. The second-order valence-corrected chi connectivity index (χ2v) is 5.57. The minimum Gasteiger partial charge on any atom is -0.341 e. The Morgan fingerprint density at radius 3 is 2.79 bits per heavy atom. The Balaban J connectivity index is 1.53. The van der Waals surface area contributed by atoms with Crippen LogP contribution in [0.4, 0.5) is 0 Å². The van der Waals surface area contributed by atoms with Crippen molar-refractivity contribution in [1.82, 2.24) is 15.2 Å². The maximum atomic E-state index is 12.4. The molecular weight excluding hydrogens is 238 g/mol. The Bertz CT molecular complexity index is 430. The topological polar surface area (TPSA) is 45.2 Å². The molecule has 1 atom stereocenters. The van der Waals surface area contributed by atoms with Gasteiger partial charge in [-0.3, -0.25) is 9.78 Å². The number of carbonyl (C=O) groups excluding carboxylic acids is 1. The molecular formula is C15H21N3O. The van der Waals surface area contributed by atoms with E-state index in [0.717, 1.165) is 32.4 Å². The van der Waals surface area contributed by atoms with Crippen LogP contribution in [0.1, 0.15) is 31.2 Å². The molecule has 1 aliphatic carbocycles. The fourth-order valence-corrected chi connectivity index (χ4v) is 2.66. The molecule has 102 valence electrons. The van der Waals surface area contributed by atoms with E-state index < -0.39 is 0 Å². The summed E-state index contributed by atoms with van der Waals surface area (Å²) in [6, 6.07) is 4.72. The van der Waals surface area contributed by atoms with Gasteiger partial charge in [0.2, 0.25) is 5.91 Å². The van der Waals surface area contributed by atoms with Crippen LogP contribution in [0.5, 0.6) is 0 Å². The fraction of sp³-hybridized carbons (Fsp3) is 0.600. The van der Waals surface area contributed by atoms with Gasteiger partial charge in [-0.25, -0.2) is 0 Å². The van der Waals surface area contributed by atoms with Crippen LogP contribution in [-0.2, 0) is 11.2 Å². The van der Waals surface area contributed by atoms with Crippen molar-refractivity contribution in [2.45, 2.75) is 44.2 Å². The average molecular weight is 259 g/mol. The minimum absolute atomic E-state index is 0.0682. The highest BCUT2D eigenvalue weighted by atomic mass is 16.2. The molecule has 1 saturated carbocycles. The quantitative estimate of drug-likeness (QED) is 0.868. The molecule has 0 bridgehead atoms. The Kier molecular flexibility index (Phi) is 3.78. The van der Waals surface area contributed by atoms with Crippen LogP contribution in [-0.4, -0.2) is 41.0 Å².